The van der Waals surface area contributed by atoms with Crippen molar-refractivity contribution in [3.05, 3.63) is 29.3 Å². The highest BCUT2D eigenvalue weighted by molar-refractivity contribution is 7.80. The lowest BCUT2D eigenvalue weighted by Gasteiger charge is -2.27. The first-order chi connectivity index (χ1) is 10.1. The first-order valence-corrected chi connectivity index (χ1v) is 8.19. The van der Waals surface area contributed by atoms with E-state index in [1.54, 1.807) is 7.11 Å². The summed E-state index contributed by atoms with van der Waals surface area (Å²) in [4.78, 5) is 2.86. The molecule has 0 heterocycles. The Morgan fingerprint density at radius 2 is 1.95 bits per heavy atom. The Hall–Kier alpha value is -1.13. The van der Waals surface area contributed by atoms with E-state index in [0.29, 0.717) is 11.0 Å². The second-order valence-corrected chi connectivity index (χ2v) is 6.40. The molecule has 1 aliphatic carbocycles. The van der Waals surface area contributed by atoms with Crippen molar-refractivity contribution < 1.29 is 4.74 Å². The predicted octanol–water partition coefficient (Wildman–Crippen LogP) is 3.48. The van der Waals surface area contributed by atoms with Crippen molar-refractivity contribution >= 4 is 17.2 Å². The summed E-state index contributed by atoms with van der Waals surface area (Å²) in [6.07, 6.45) is 8.12. The van der Waals surface area contributed by atoms with Gasteiger partial charge in [0.05, 0.1) is 12.7 Å². The van der Waals surface area contributed by atoms with E-state index in [1.165, 1.54) is 44.1 Å². The minimum absolute atomic E-state index is 0.394. The van der Waals surface area contributed by atoms with Gasteiger partial charge in [-0.25, -0.2) is 0 Å². The summed E-state index contributed by atoms with van der Waals surface area (Å²) in [5.41, 5.74) is 7.86. The zero-order valence-corrected chi connectivity index (χ0v) is 13.9. The van der Waals surface area contributed by atoms with Crippen LogP contribution >= 0.6 is 12.2 Å². The van der Waals surface area contributed by atoms with Crippen molar-refractivity contribution in [2.24, 2.45) is 5.73 Å². The van der Waals surface area contributed by atoms with Crippen LogP contribution in [0.25, 0.3) is 0 Å². The molecule has 0 saturated heterocycles. The van der Waals surface area contributed by atoms with Gasteiger partial charge in [-0.2, -0.15) is 0 Å². The number of hydrogen-bond acceptors (Lipinski definition) is 3. The molecule has 4 heteroatoms. The molecule has 1 aromatic rings. The molecule has 1 aliphatic rings. The number of thiocarbonyl (C=S) groups is 1. The normalized spacial score (nSPS) is 16.7. The second kappa shape index (κ2) is 7.76. The topological polar surface area (TPSA) is 38.5 Å². The van der Waals surface area contributed by atoms with E-state index in [1.807, 2.05) is 6.07 Å². The summed E-state index contributed by atoms with van der Waals surface area (Å²) in [5, 5.41) is 0. The second-order valence-electron chi connectivity index (χ2n) is 5.96. The molecular formula is C17H26N2OS. The first-order valence-electron chi connectivity index (χ1n) is 7.78. The Bertz CT molecular complexity index is 482. The fourth-order valence-corrected chi connectivity index (χ4v) is 3.32. The van der Waals surface area contributed by atoms with Gasteiger partial charge in [-0.05, 0) is 37.6 Å². The fourth-order valence-electron chi connectivity index (χ4n) is 3.16. The molecule has 0 amide bonds. The van der Waals surface area contributed by atoms with E-state index in [4.69, 9.17) is 22.7 Å². The van der Waals surface area contributed by atoms with Gasteiger partial charge < -0.3 is 10.5 Å². The van der Waals surface area contributed by atoms with E-state index >= 15 is 0 Å². The Labute approximate surface area is 133 Å². The van der Waals surface area contributed by atoms with Crippen LogP contribution in [-0.4, -0.2) is 30.1 Å². The molecule has 0 aliphatic heterocycles. The van der Waals surface area contributed by atoms with Crippen LogP contribution in [0.3, 0.4) is 0 Å². The maximum absolute atomic E-state index is 5.79. The molecule has 1 aromatic carbocycles. The number of hydrogen-bond donors (Lipinski definition) is 1. The molecule has 2 rings (SSSR count). The van der Waals surface area contributed by atoms with Crippen molar-refractivity contribution in [1.82, 2.24) is 4.90 Å². The number of nitrogens with two attached hydrogens (primary N) is 1. The van der Waals surface area contributed by atoms with E-state index in [9.17, 15) is 0 Å². The Morgan fingerprint density at radius 1 is 1.29 bits per heavy atom. The maximum Gasteiger partial charge on any atom is 0.129 e. The third-order valence-corrected chi connectivity index (χ3v) is 4.63. The van der Waals surface area contributed by atoms with Crippen LogP contribution in [-0.2, 0) is 6.54 Å². The molecular weight excluding hydrogens is 280 g/mol. The highest BCUT2D eigenvalue weighted by Gasteiger charge is 2.17. The van der Waals surface area contributed by atoms with Gasteiger partial charge in [0.25, 0.3) is 0 Å². The molecule has 1 saturated carbocycles. The van der Waals surface area contributed by atoms with Gasteiger partial charge >= 0.3 is 0 Å². The average molecular weight is 306 g/mol. The van der Waals surface area contributed by atoms with Crippen molar-refractivity contribution in [2.45, 2.75) is 51.1 Å². The molecule has 0 spiro atoms. The molecule has 0 atom stereocenters. The largest absolute Gasteiger partial charge is 0.496 e. The monoisotopic (exact) mass is 306 g/mol. The summed E-state index contributed by atoms with van der Waals surface area (Å²) >= 11 is 5.12. The standard InChI is InChI=1S/C17H26N2OS/c1-19(14-7-5-3-4-6-8-14)12-13-9-10-16(20-2)15(11-13)17(18)21/h9-11,14H,3-8,12H2,1-2H3,(H2,18,21). The van der Waals surface area contributed by atoms with Crippen LogP contribution in [0.4, 0.5) is 0 Å². The molecule has 0 bridgehead atoms. The van der Waals surface area contributed by atoms with E-state index in [2.05, 4.69) is 24.1 Å². The summed E-state index contributed by atoms with van der Waals surface area (Å²) in [6, 6.07) is 6.83. The van der Waals surface area contributed by atoms with Crippen LogP contribution in [0.2, 0.25) is 0 Å². The van der Waals surface area contributed by atoms with Crippen molar-refractivity contribution in [1.29, 1.82) is 0 Å². The lowest BCUT2D eigenvalue weighted by Crippen LogP contribution is -2.30. The summed E-state index contributed by atoms with van der Waals surface area (Å²) in [6.45, 7) is 0.935. The minimum Gasteiger partial charge on any atom is -0.496 e. The third kappa shape index (κ3) is 4.42. The molecule has 116 valence electrons. The SMILES string of the molecule is COc1ccc(CN(C)C2CCCCCC2)cc1C(N)=S. The zero-order valence-electron chi connectivity index (χ0n) is 13.1. The lowest BCUT2D eigenvalue weighted by molar-refractivity contribution is 0.213. The van der Waals surface area contributed by atoms with Crippen LogP contribution in [0, 0.1) is 0 Å². The van der Waals surface area contributed by atoms with E-state index in [0.717, 1.165) is 17.9 Å². The van der Waals surface area contributed by atoms with Crippen molar-refractivity contribution in [3.8, 4) is 5.75 Å². The average Bonchev–Trinajstić information content (AvgIpc) is 2.76. The smallest absolute Gasteiger partial charge is 0.129 e. The van der Waals surface area contributed by atoms with Gasteiger partial charge in [-0.15, -0.1) is 0 Å². The molecule has 1 fully saturated rings. The van der Waals surface area contributed by atoms with Crippen LogP contribution in [0.15, 0.2) is 18.2 Å². The summed E-state index contributed by atoms with van der Waals surface area (Å²) in [5.74, 6) is 0.753. The van der Waals surface area contributed by atoms with Crippen molar-refractivity contribution in [2.75, 3.05) is 14.2 Å². The third-order valence-electron chi connectivity index (χ3n) is 4.41. The van der Waals surface area contributed by atoms with Crippen molar-refractivity contribution in [3.63, 3.8) is 0 Å². The fraction of sp³-hybridized carbons (Fsp3) is 0.588. The Kier molecular flexibility index (Phi) is 6.00. The van der Waals surface area contributed by atoms with Gasteiger partial charge in [0.1, 0.15) is 10.7 Å². The number of ether oxygens (including phenoxy) is 1. The van der Waals surface area contributed by atoms with Crippen LogP contribution in [0.5, 0.6) is 5.75 Å². The highest BCUT2D eigenvalue weighted by atomic mass is 32.1. The Balaban J connectivity index is 2.07. The van der Waals surface area contributed by atoms with Gasteiger partial charge in [-0.3, -0.25) is 4.90 Å². The minimum atomic E-state index is 0.394. The number of nitrogens with zero attached hydrogens (tertiary/aromatic N) is 1. The predicted molar refractivity (Wildman–Crippen MR) is 91.8 cm³/mol. The quantitative estimate of drug-likeness (QED) is 0.667. The zero-order chi connectivity index (χ0) is 15.2. The number of benzene rings is 1. The molecule has 0 unspecified atom stereocenters. The lowest BCUT2D eigenvalue weighted by atomic mass is 10.1. The molecule has 0 radical (unpaired) electrons. The van der Waals surface area contributed by atoms with Gasteiger partial charge in [0.2, 0.25) is 0 Å². The van der Waals surface area contributed by atoms with Gasteiger partial charge in [0, 0.05) is 12.6 Å². The number of rotatable bonds is 5. The molecule has 21 heavy (non-hydrogen) atoms. The van der Waals surface area contributed by atoms with Crippen LogP contribution < -0.4 is 10.5 Å². The van der Waals surface area contributed by atoms with Gasteiger partial charge in [0.15, 0.2) is 0 Å². The van der Waals surface area contributed by atoms with Crippen LogP contribution in [0.1, 0.15) is 49.7 Å². The van der Waals surface area contributed by atoms with E-state index in [-0.39, 0.29) is 0 Å². The summed E-state index contributed by atoms with van der Waals surface area (Å²) < 4.78 is 5.32. The molecule has 2 N–H and O–H groups in total. The first kappa shape index (κ1) is 16.2. The highest BCUT2D eigenvalue weighted by Crippen LogP contribution is 2.24. The maximum atomic E-state index is 5.79. The van der Waals surface area contributed by atoms with Gasteiger partial charge in [-0.1, -0.05) is 44.0 Å². The number of methoxy groups -OCH3 is 1. The molecule has 0 aromatic heterocycles. The summed E-state index contributed by atoms with van der Waals surface area (Å²) in [7, 11) is 3.87. The van der Waals surface area contributed by atoms with E-state index < -0.39 is 0 Å². The molecule has 3 nitrogen and oxygen atoms in total. The Morgan fingerprint density at radius 3 is 2.52 bits per heavy atom.